The fourth-order valence-corrected chi connectivity index (χ4v) is 2.79. The summed E-state index contributed by atoms with van der Waals surface area (Å²) in [5.74, 6) is -0.679. The van der Waals surface area contributed by atoms with Crippen molar-refractivity contribution in [2.24, 2.45) is 0 Å². The summed E-state index contributed by atoms with van der Waals surface area (Å²) >= 11 is 5.81. The summed E-state index contributed by atoms with van der Waals surface area (Å²) in [5.41, 5.74) is 0.0193. The third-order valence-corrected chi connectivity index (χ3v) is 4.03. The van der Waals surface area contributed by atoms with Crippen LogP contribution in [0.15, 0.2) is 23.1 Å². The lowest BCUT2D eigenvalue weighted by atomic mass is 10.2. The van der Waals surface area contributed by atoms with Crippen molar-refractivity contribution in [1.82, 2.24) is 4.72 Å². The van der Waals surface area contributed by atoms with Gasteiger partial charge in [-0.3, -0.25) is 0 Å². The molecule has 0 saturated heterocycles. The summed E-state index contributed by atoms with van der Waals surface area (Å²) in [7, 11) is -2.46. The van der Waals surface area contributed by atoms with Crippen molar-refractivity contribution in [2.45, 2.75) is 24.8 Å². The Morgan fingerprint density at radius 3 is 2.50 bits per heavy atom. The maximum absolute atomic E-state index is 11.9. The Kier molecular flexibility index (Phi) is 4.72. The number of methoxy groups -OCH3 is 1. The van der Waals surface area contributed by atoms with Gasteiger partial charge in [0, 0.05) is 6.04 Å². The second kappa shape index (κ2) is 5.69. The van der Waals surface area contributed by atoms with E-state index in [2.05, 4.69) is 9.46 Å². The van der Waals surface area contributed by atoms with Gasteiger partial charge in [0.1, 0.15) is 0 Å². The SMILES string of the molecule is COC(=O)c1cc(S(=O)(=O)NC(C)C)ccc1Cl. The molecule has 1 rings (SSSR count). The number of halogens is 1. The third kappa shape index (κ3) is 3.44. The maximum Gasteiger partial charge on any atom is 0.339 e. The van der Waals surface area contributed by atoms with Gasteiger partial charge in [0.05, 0.1) is 22.6 Å². The van der Waals surface area contributed by atoms with Crippen LogP contribution in [0.1, 0.15) is 24.2 Å². The summed E-state index contributed by atoms with van der Waals surface area (Å²) in [5, 5.41) is 0.144. The summed E-state index contributed by atoms with van der Waals surface area (Å²) in [6.07, 6.45) is 0. The van der Waals surface area contributed by atoms with Crippen molar-refractivity contribution in [3.63, 3.8) is 0 Å². The molecule has 0 spiro atoms. The number of ether oxygens (including phenoxy) is 1. The summed E-state index contributed by atoms with van der Waals surface area (Å²) in [4.78, 5) is 11.4. The monoisotopic (exact) mass is 291 g/mol. The highest BCUT2D eigenvalue weighted by atomic mass is 35.5. The highest BCUT2D eigenvalue weighted by Crippen LogP contribution is 2.21. The van der Waals surface area contributed by atoms with E-state index in [0.717, 1.165) is 0 Å². The lowest BCUT2D eigenvalue weighted by Gasteiger charge is -2.11. The second-order valence-electron chi connectivity index (χ2n) is 3.91. The zero-order valence-electron chi connectivity index (χ0n) is 10.2. The fraction of sp³-hybridized carbons (Fsp3) is 0.364. The van der Waals surface area contributed by atoms with Crippen LogP contribution in [0.4, 0.5) is 0 Å². The van der Waals surface area contributed by atoms with E-state index in [9.17, 15) is 13.2 Å². The molecule has 0 radical (unpaired) electrons. The Hall–Kier alpha value is -1.11. The van der Waals surface area contributed by atoms with Crippen LogP contribution in [-0.2, 0) is 14.8 Å². The smallest absolute Gasteiger partial charge is 0.339 e. The third-order valence-electron chi connectivity index (χ3n) is 2.04. The highest BCUT2D eigenvalue weighted by Gasteiger charge is 2.19. The van der Waals surface area contributed by atoms with Gasteiger partial charge in [0.25, 0.3) is 0 Å². The molecule has 0 amide bonds. The fourth-order valence-electron chi connectivity index (χ4n) is 1.32. The molecular weight excluding hydrogens is 278 g/mol. The van der Waals surface area contributed by atoms with Crippen LogP contribution in [0.5, 0.6) is 0 Å². The van der Waals surface area contributed by atoms with E-state index in [1.165, 1.54) is 25.3 Å². The molecule has 0 atom stereocenters. The van der Waals surface area contributed by atoms with Crippen molar-refractivity contribution in [1.29, 1.82) is 0 Å². The molecule has 0 bridgehead atoms. The minimum absolute atomic E-state index is 0.0193. The zero-order chi connectivity index (χ0) is 13.9. The molecule has 5 nitrogen and oxygen atoms in total. The van der Waals surface area contributed by atoms with Gasteiger partial charge in [-0.15, -0.1) is 0 Å². The van der Waals surface area contributed by atoms with Crippen molar-refractivity contribution in [3.05, 3.63) is 28.8 Å². The number of nitrogens with one attached hydrogen (secondary N) is 1. The molecule has 0 aromatic heterocycles. The number of carbonyl (C=O) groups is 1. The number of hydrogen-bond donors (Lipinski definition) is 1. The van der Waals surface area contributed by atoms with E-state index in [1.807, 2.05) is 0 Å². The zero-order valence-corrected chi connectivity index (χ0v) is 11.8. The van der Waals surface area contributed by atoms with Crippen LogP contribution in [-0.4, -0.2) is 27.5 Å². The molecule has 1 aromatic carbocycles. The van der Waals surface area contributed by atoms with Gasteiger partial charge in [-0.1, -0.05) is 11.6 Å². The van der Waals surface area contributed by atoms with Gasteiger partial charge < -0.3 is 4.74 Å². The van der Waals surface area contributed by atoms with Crippen LogP contribution < -0.4 is 4.72 Å². The number of benzene rings is 1. The lowest BCUT2D eigenvalue weighted by Crippen LogP contribution is -2.30. The number of carbonyl (C=O) groups excluding carboxylic acids is 1. The van der Waals surface area contributed by atoms with E-state index in [0.29, 0.717) is 0 Å². The largest absolute Gasteiger partial charge is 0.465 e. The Morgan fingerprint density at radius 1 is 1.39 bits per heavy atom. The molecule has 7 heteroatoms. The van der Waals surface area contributed by atoms with Gasteiger partial charge in [-0.2, -0.15) is 0 Å². The number of sulfonamides is 1. The standard InChI is InChI=1S/C11H14ClNO4S/c1-7(2)13-18(15,16)8-4-5-10(12)9(6-8)11(14)17-3/h4-7,13H,1-3H3. The highest BCUT2D eigenvalue weighted by molar-refractivity contribution is 7.89. The number of esters is 1. The first kappa shape index (κ1) is 14.9. The first-order valence-corrected chi connectivity index (χ1v) is 7.04. The van der Waals surface area contributed by atoms with Crippen molar-refractivity contribution in [2.75, 3.05) is 7.11 Å². The Bertz CT molecular complexity index is 554. The molecule has 0 saturated carbocycles. The molecule has 100 valence electrons. The van der Waals surface area contributed by atoms with Gasteiger partial charge in [-0.25, -0.2) is 17.9 Å². The van der Waals surface area contributed by atoms with E-state index >= 15 is 0 Å². The maximum atomic E-state index is 11.9. The van der Waals surface area contributed by atoms with E-state index in [4.69, 9.17) is 11.6 Å². The van der Waals surface area contributed by atoms with Crippen molar-refractivity contribution >= 4 is 27.6 Å². The normalized spacial score (nSPS) is 11.6. The van der Waals surface area contributed by atoms with Crippen LogP contribution in [0, 0.1) is 0 Å². The van der Waals surface area contributed by atoms with Gasteiger partial charge in [0.15, 0.2) is 0 Å². The van der Waals surface area contributed by atoms with Crippen LogP contribution in [0.25, 0.3) is 0 Å². The summed E-state index contributed by atoms with van der Waals surface area (Å²) in [6, 6.07) is 3.63. The van der Waals surface area contributed by atoms with Crippen molar-refractivity contribution in [3.8, 4) is 0 Å². The molecule has 0 fully saturated rings. The van der Waals surface area contributed by atoms with Crippen LogP contribution in [0.3, 0.4) is 0 Å². The minimum atomic E-state index is -3.66. The first-order chi connectivity index (χ1) is 8.27. The predicted octanol–water partition coefficient (Wildman–Crippen LogP) is 1.81. The first-order valence-electron chi connectivity index (χ1n) is 5.18. The van der Waals surface area contributed by atoms with Gasteiger partial charge in [0.2, 0.25) is 10.0 Å². The molecule has 0 aliphatic heterocycles. The van der Waals surface area contributed by atoms with E-state index in [1.54, 1.807) is 13.8 Å². The molecule has 0 aliphatic rings. The molecule has 0 unspecified atom stereocenters. The Balaban J connectivity index is 3.24. The van der Waals surface area contributed by atoms with Gasteiger partial charge >= 0.3 is 5.97 Å². The van der Waals surface area contributed by atoms with Crippen LogP contribution in [0.2, 0.25) is 5.02 Å². The quantitative estimate of drug-likeness (QED) is 0.859. The molecule has 1 aromatic rings. The number of hydrogen-bond acceptors (Lipinski definition) is 4. The van der Waals surface area contributed by atoms with E-state index in [-0.39, 0.29) is 21.5 Å². The minimum Gasteiger partial charge on any atom is -0.465 e. The average molecular weight is 292 g/mol. The molecular formula is C11H14ClNO4S. The molecule has 0 aliphatic carbocycles. The average Bonchev–Trinajstić information content (AvgIpc) is 2.26. The second-order valence-corrected chi connectivity index (χ2v) is 6.03. The summed E-state index contributed by atoms with van der Waals surface area (Å²) in [6.45, 7) is 3.41. The number of rotatable bonds is 4. The van der Waals surface area contributed by atoms with E-state index < -0.39 is 16.0 Å². The predicted molar refractivity (Wildman–Crippen MR) is 68.2 cm³/mol. The van der Waals surface area contributed by atoms with Crippen LogP contribution >= 0.6 is 11.6 Å². The Morgan fingerprint density at radius 2 is 2.00 bits per heavy atom. The molecule has 0 heterocycles. The summed E-state index contributed by atoms with van der Waals surface area (Å²) < 4.78 is 30.8. The topological polar surface area (TPSA) is 72.5 Å². The van der Waals surface area contributed by atoms with Gasteiger partial charge in [-0.05, 0) is 32.0 Å². The van der Waals surface area contributed by atoms with Crippen molar-refractivity contribution < 1.29 is 17.9 Å². The Labute approximate surface area is 111 Å². The lowest BCUT2D eigenvalue weighted by molar-refractivity contribution is 0.0600. The molecule has 18 heavy (non-hydrogen) atoms. The molecule has 1 N–H and O–H groups in total.